The van der Waals surface area contributed by atoms with Crippen LogP contribution in [-0.4, -0.2) is 17.6 Å². The van der Waals surface area contributed by atoms with Crippen LogP contribution < -0.4 is 4.90 Å². The fourth-order valence-corrected chi connectivity index (χ4v) is 4.19. The van der Waals surface area contributed by atoms with Crippen molar-refractivity contribution < 1.29 is 14.4 Å². The molecule has 1 fully saturated rings. The zero-order chi connectivity index (χ0) is 19.1. The Hall–Kier alpha value is -2.72. The summed E-state index contributed by atoms with van der Waals surface area (Å²) >= 11 is 6.12. The third-order valence-corrected chi connectivity index (χ3v) is 5.59. The Balaban J connectivity index is 1.80. The summed E-state index contributed by atoms with van der Waals surface area (Å²) in [7, 11) is 0. The zero-order valence-corrected chi connectivity index (χ0v) is 15.5. The lowest BCUT2D eigenvalue weighted by Gasteiger charge is -2.22. The van der Waals surface area contributed by atoms with Crippen molar-refractivity contribution in [3.05, 3.63) is 76.8 Å². The summed E-state index contributed by atoms with van der Waals surface area (Å²) in [5.41, 5.74) is 1.05. The molecule has 2 aromatic rings. The summed E-state index contributed by atoms with van der Waals surface area (Å²) in [5, 5.41) is 0.379. The Morgan fingerprint density at radius 2 is 1.81 bits per heavy atom. The number of hydrogen-bond acceptors (Lipinski definition) is 3. The van der Waals surface area contributed by atoms with Crippen LogP contribution in [0.1, 0.15) is 29.3 Å². The molecule has 2 amide bonds. The van der Waals surface area contributed by atoms with Crippen molar-refractivity contribution in [1.82, 2.24) is 0 Å². The van der Waals surface area contributed by atoms with Crippen molar-refractivity contribution >= 4 is 34.9 Å². The second-order valence-corrected chi connectivity index (χ2v) is 7.46. The number of imide groups is 1. The van der Waals surface area contributed by atoms with Gasteiger partial charge in [-0.15, -0.1) is 0 Å². The first-order valence-corrected chi connectivity index (χ1v) is 9.30. The maximum atomic E-state index is 13.1. The summed E-state index contributed by atoms with van der Waals surface area (Å²) in [6.07, 6.45) is 4.48. The van der Waals surface area contributed by atoms with E-state index < -0.39 is 0 Å². The van der Waals surface area contributed by atoms with Crippen LogP contribution in [0.3, 0.4) is 0 Å². The third-order valence-electron chi connectivity index (χ3n) is 5.35. The highest BCUT2D eigenvalue weighted by molar-refractivity contribution is 6.32. The minimum Gasteiger partial charge on any atom is -0.289 e. The van der Waals surface area contributed by atoms with Crippen molar-refractivity contribution in [2.75, 3.05) is 4.90 Å². The molecule has 0 saturated carbocycles. The van der Waals surface area contributed by atoms with Gasteiger partial charge in [0.2, 0.25) is 11.8 Å². The number of rotatable bonds is 3. The molecule has 1 aliphatic heterocycles. The van der Waals surface area contributed by atoms with E-state index in [1.54, 1.807) is 36.4 Å². The number of hydrogen-bond donors (Lipinski definition) is 0. The summed E-state index contributed by atoms with van der Waals surface area (Å²) in [5.74, 6) is -1.51. The number of allylic oxidation sites excluding steroid dienone is 2. The van der Waals surface area contributed by atoms with Crippen LogP contribution in [0.15, 0.2) is 60.7 Å². The molecule has 0 unspecified atom stereocenters. The minimum absolute atomic E-state index is 0.00854. The standard InChI is InChI=1S/C22H18ClNO3/c1-13-6-5-9-16-19(13)22(27)24(21(16)26)18-11-10-15(23)12-17(18)20(25)14-7-3-2-4-8-14/h2-8,10-13,16,19H,9H2,1H3/t13-,16+,19+/m0/s1. The first-order chi connectivity index (χ1) is 13.0. The van der Waals surface area contributed by atoms with Crippen LogP contribution in [0, 0.1) is 17.8 Å². The van der Waals surface area contributed by atoms with E-state index in [-0.39, 0.29) is 40.9 Å². The largest absolute Gasteiger partial charge is 0.289 e. The molecule has 4 nitrogen and oxygen atoms in total. The van der Waals surface area contributed by atoms with Crippen LogP contribution in [0.5, 0.6) is 0 Å². The number of nitrogens with zero attached hydrogens (tertiary/aromatic N) is 1. The van der Waals surface area contributed by atoms with Gasteiger partial charge in [-0.2, -0.15) is 0 Å². The van der Waals surface area contributed by atoms with Gasteiger partial charge in [-0.3, -0.25) is 14.4 Å². The van der Waals surface area contributed by atoms with Gasteiger partial charge in [0.25, 0.3) is 0 Å². The lowest BCUT2D eigenvalue weighted by Crippen LogP contribution is -2.33. The molecule has 0 radical (unpaired) electrons. The number of carbonyl (C=O) groups is 3. The van der Waals surface area contributed by atoms with Crippen molar-refractivity contribution in [2.45, 2.75) is 13.3 Å². The molecular weight excluding hydrogens is 362 g/mol. The first-order valence-electron chi connectivity index (χ1n) is 8.93. The van der Waals surface area contributed by atoms with Gasteiger partial charge in [-0.25, -0.2) is 4.90 Å². The fraction of sp³-hybridized carbons (Fsp3) is 0.227. The molecule has 2 aliphatic rings. The Morgan fingerprint density at radius 3 is 2.52 bits per heavy atom. The molecule has 136 valence electrons. The molecule has 1 aliphatic carbocycles. The molecule has 0 bridgehead atoms. The number of benzene rings is 2. The van der Waals surface area contributed by atoms with E-state index in [0.717, 1.165) is 0 Å². The lowest BCUT2D eigenvalue weighted by molar-refractivity contribution is -0.122. The van der Waals surface area contributed by atoms with E-state index in [9.17, 15) is 14.4 Å². The van der Waals surface area contributed by atoms with Gasteiger partial charge < -0.3 is 0 Å². The molecule has 0 N–H and O–H groups in total. The summed E-state index contributed by atoms with van der Waals surface area (Å²) in [6.45, 7) is 1.94. The molecule has 27 heavy (non-hydrogen) atoms. The maximum Gasteiger partial charge on any atom is 0.238 e. The fourth-order valence-electron chi connectivity index (χ4n) is 4.02. The summed E-state index contributed by atoms with van der Waals surface area (Å²) < 4.78 is 0. The van der Waals surface area contributed by atoms with Crippen LogP contribution in [0.25, 0.3) is 0 Å². The highest BCUT2D eigenvalue weighted by Gasteiger charge is 2.51. The Kier molecular flexibility index (Phi) is 4.44. The van der Waals surface area contributed by atoms with E-state index >= 15 is 0 Å². The van der Waals surface area contributed by atoms with E-state index in [1.807, 2.05) is 25.1 Å². The summed E-state index contributed by atoms with van der Waals surface area (Å²) in [4.78, 5) is 40.3. The maximum absolute atomic E-state index is 13.1. The SMILES string of the molecule is C[C@H]1C=CC[C@H]2C(=O)N(c3ccc(Cl)cc3C(=O)c3ccccc3)C(=O)[C@H]12. The van der Waals surface area contributed by atoms with Gasteiger partial charge in [0.05, 0.1) is 17.5 Å². The van der Waals surface area contributed by atoms with Gasteiger partial charge in [0, 0.05) is 16.1 Å². The predicted octanol–water partition coefficient (Wildman–Crippen LogP) is 4.27. The number of amides is 2. The highest BCUT2D eigenvalue weighted by atomic mass is 35.5. The molecule has 5 heteroatoms. The zero-order valence-electron chi connectivity index (χ0n) is 14.8. The molecule has 0 spiro atoms. The van der Waals surface area contributed by atoms with Gasteiger partial charge in [-0.1, -0.05) is 61.0 Å². The molecule has 1 saturated heterocycles. The molecule has 0 aromatic heterocycles. The van der Waals surface area contributed by atoms with E-state index in [4.69, 9.17) is 11.6 Å². The van der Waals surface area contributed by atoms with Crippen LogP contribution in [0.2, 0.25) is 5.02 Å². The van der Waals surface area contributed by atoms with Gasteiger partial charge in [0.15, 0.2) is 5.78 Å². The quantitative estimate of drug-likeness (QED) is 0.454. The van der Waals surface area contributed by atoms with Crippen molar-refractivity contribution in [1.29, 1.82) is 0 Å². The number of carbonyl (C=O) groups excluding carboxylic acids is 3. The summed E-state index contributed by atoms with van der Waals surface area (Å²) in [6, 6.07) is 13.5. The van der Waals surface area contributed by atoms with E-state index in [1.165, 1.54) is 11.0 Å². The Labute approximate surface area is 162 Å². The number of halogens is 1. The average molecular weight is 380 g/mol. The topological polar surface area (TPSA) is 54.5 Å². The monoisotopic (exact) mass is 379 g/mol. The molecule has 2 aromatic carbocycles. The normalized spacial score (nSPS) is 24.2. The van der Waals surface area contributed by atoms with Crippen molar-refractivity contribution in [3.63, 3.8) is 0 Å². The first kappa shape index (κ1) is 17.7. The van der Waals surface area contributed by atoms with Crippen LogP contribution in [0.4, 0.5) is 5.69 Å². The van der Waals surface area contributed by atoms with Crippen molar-refractivity contribution in [2.24, 2.45) is 17.8 Å². The highest BCUT2D eigenvalue weighted by Crippen LogP contribution is 2.41. The van der Waals surface area contributed by atoms with Gasteiger partial charge in [0.1, 0.15) is 0 Å². The second-order valence-electron chi connectivity index (χ2n) is 7.02. The molecule has 4 rings (SSSR count). The predicted molar refractivity (Wildman–Crippen MR) is 104 cm³/mol. The average Bonchev–Trinajstić information content (AvgIpc) is 2.94. The van der Waals surface area contributed by atoms with E-state index in [2.05, 4.69) is 0 Å². The Morgan fingerprint density at radius 1 is 1.07 bits per heavy atom. The Bertz CT molecular complexity index is 967. The number of fused-ring (bicyclic) bond motifs is 1. The smallest absolute Gasteiger partial charge is 0.238 e. The van der Waals surface area contributed by atoms with Crippen molar-refractivity contribution in [3.8, 4) is 0 Å². The molecular formula is C22H18ClNO3. The van der Waals surface area contributed by atoms with Crippen LogP contribution >= 0.6 is 11.6 Å². The number of ketones is 1. The third kappa shape index (κ3) is 2.90. The van der Waals surface area contributed by atoms with Gasteiger partial charge >= 0.3 is 0 Å². The molecule has 1 heterocycles. The minimum atomic E-state index is -0.377. The van der Waals surface area contributed by atoms with Crippen LogP contribution in [-0.2, 0) is 9.59 Å². The lowest BCUT2D eigenvalue weighted by atomic mass is 9.78. The van der Waals surface area contributed by atoms with E-state index in [0.29, 0.717) is 22.7 Å². The second kappa shape index (κ2) is 6.78. The van der Waals surface area contributed by atoms with Gasteiger partial charge in [-0.05, 0) is 30.5 Å². The molecule has 3 atom stereocenters. The number of anilines is 1.